The number of thioether (sulfide) groups is 1. The van der Waals surface area contributed by atoms with Crippen LogP contribution in [0.2, 0.25) is 5.02 Å². The molecule has 9 heteroatoms. The van der Waals surface area contributed by atoms with Crippen molar-refractivity contribution < 1.29 is 9.90 Å². The number of nitrogens with one attached hydrogen (secondary N) is 1. The molecule has 2 N–H and O–H groups in total. The quantitative estimate of drug-likeness (QED) is 0.427. The van der Waals surface area contributed by atoms with Crippen molar-refractivity contribution in [1.29, 1.82) is 0 Å². The smallest absolute Gasteiger partial charge is 0.253 e. The van der Waals surface area contributed by atoms with Crippen LogP contribution in [-0.4, -0.2) is 36.3 Å². The van der Waals surface area contributed by atoms with Gasteiger partial charge in [-0.25, -0.2) is 4.98 Å². The van der Waals surface area contributed by atoms with Crippen LogP contribution in [0.15, 0.2) is 35.6 Å². The maximum absolute atomic E-state index is 12.1. The van der Waals surface area contributed by atoms with Gasteiger partial charge in [0.05, 0.1) is 11.4 Å². The number of nitrogens with zero attached hydrogens (tertiary/aromatic N) is 4. The second-order valence-corrected chi connectivity index (χ2v) is 6.14. The molecule has 0 atom stereocenters. The van der Waals surface area contributed by atoms with Gasteiger partial charge >= 0.3 is 0 Å². The Morgan fingerprint density at radius 3 is 3.09 bits per heavy atom. The van der Waals surface area contributed by atoms with Gasteiger partial charge in [0.25, 0.3) is 5.78 Å². The van der Waals surface area contributed by atoms with Crippen LogP contribution in [0.25, 0.3) is 5.78 Å². The van der Waals surface area contributed by atoms with Crippen LogP contribution in [-0.2, 0) is 4.79 Å². The van der Waals surface area contributed by atoms with E-state index in [0.717, 1.165) is 10.7 Å². The van der Waals surface area contributed by atoms with Crippen LogP contribution in [0.3, 0.4) is 0 Å². The molecule has 7 nitrogen and oxygen atoms in total. The van der Waals surface area contributed by atoms with Gasteiger partial charge in [-0.2, -0.15) is 14.6 Å². The molecule has 0 aliphatic carbocycles. The van der Waals surface area contributed by atoms with E-state index in [4.69, 9.17) is 11.6 Å². The molecule has 0 fully saturated rings. The second kappa shape index (κ2) is 6.43. The molecule has 2 aromatic heterocycles. The third kappa shape index (κ3) is 3.54. The number of aryl methyl sites for hydroxylation is 1. The van der Waals surface area contributed by atoms with Gasteiger partial charge in [-0.1, -0.05) is 23.4 Å². The first kappa shape index (κ1) is 15.6. The number of fused-ring (bicyclic) bond motifs is 1. The SMILES string of the molecule is Cc1cc(SCC(=O)Nc2cc(Cl)ccc2O)n2ncnc2n1. The molecule has 3 aromatic rings. The number of anilines is 1. The molecule has 0 radical (unpaired) electrons. The third-order valence-corrected chi connectivity index (χ3v) is 4.16. The molecule has 23 heavy (non-hydrogen) atoms. The summed E-state index contributed by atoms with van der Waals surface area (Å²) in [6.07, 6.45) is 1.41. The van der Waals surface area contributed by atoms with E-state index in [-0.39, 0.29) is 23.1 Å². The number of amides is 1. The van der Waals surface area contributed by atoms with Crippen LogP contribution in [0.4, 0.5) is 5.69 Å². The van der Waals surface area contributed by atoms with E-state index in [1.54, 1.807) is 10.6 Å². The number of phenols is 1. The summed E-state index contributed by atoms with van der Waals surface area (Å²) in [7, 11) is 0. The molecule has 0 spiro atoms. The van der Waals surface area contributed by atoms with Gasteiger partial charge in [0.2, 0.25) is 5.91 Å². The van der Waals surface area contributed by atoms with Gasteiger partial charge in [0.1, 0.15) is 17.1 Å². The normalized spacial score (nSPS) is 10.9. The van der Waals surface area contributed by atoms with Crippen molar-refractivity contribution in [1.82, 2.24) is 19.6 Å². The number of aromatic hydroxyl groups is 1. The number of hydrogen-bond acceptors (Lipinski definition) is 6. The van der Waals surface area contributed by atoms with Gasteiger partial charge in [-0.05, 0) is 31.2 Å². The zero-order valence-corrected chi connectivity index (χ0v) is 13.6. The predicted molar refractivity (Wildman–Crippen MR) is 88.0 cm³/mol. The number of phenolic OH excluding ortho intramolecular Hbond substituents is 1. The molecule has 0 saturated carbocycles. The van der Waals surface area contributed by atoms with Gasteiger partial charge in [-0.15, -0.1) is 0 Å². The largest absolute Gasteiger partial charge is 0.506 e. The van der Waals surface area contributed by atoms with Crippen molar-refractivity contribution in [3.05, 3.63) is 41.3 Å². The highest BCUT2D eigenvalue weighted by atomic mass is 35.5. The highest BCUT2D eigenvalue weighted by Crippen LogP contribution is 2.27. The zero-order valence-electron chi connectivity index (χ0n) is 12.0. The maximum atomic E-state index is 12.1. The van der Waals surface area contributed by atoms with Gasteiger partial charge in [0, 0.05) is 10.7 Å². The van der Waals surface area contributed by atoms with Crippen molar-refractivity contribution in [3.63, 3.8) is 0 Å². The van der Waals surface area contributed by atoms with E-state index in [9.17, 15) is 9.90 Å². The Bertz CT molecular complexity index is 883. The predicted octanol–water partition coefficient (Wildman–Crippen LogP) is 2.52. The summed E-state index contributed by atoms with van der Waals surface area (Å²) in [6.45, 7) is 1.85. The molecule has 0 unspecified atom stereocenters. The van der Waals surface area contributed by atoms with Crippen LogP contribution in [0, 0.1) is 6.92 Å². The standard InChI is InChI=1S/C14H12ClN5O2S/c1-8-4-13(20-14(18-8)16-7-17-20)23-6-12(22)19-10-5-9(15)2-3-11(10)21/h2-5,7,21H,6H2,1H3,(H,19,22). The first-order valence-electron chi connectivity index (χ1n) is 6.61. The maximum Gasteiger partial charge on any atom is 0.253 e. The summed E-state index contributed by atoms with van der Waals surface area (Å²) in [5, 5.41) is 17.6. The number of rotatable bonds is 4. The molecule has 2 heterocycles. The van der Waals surface area contributed by atoms with E-state index in [2.05, 4.69) is 20.4 Å². The van der Waals surface area contributed by atoms with Gasteiger partial charge < -0.3 is 10.4 Å². The number of carbonyl (C=O) groups is 1. The molecule has 1 aromatic carbocycles. The van der Waals surface area contributed by atoms with Gasteiger partial charge in [-0.3, -0.25) is 4.79 Å². The van der Waals surface area contributed by atoms with E-state index < -0.39 is 0 Å². The summed E-state index contributed by atoms with van der Waals surface area (Å²) in [5.41, 5.74) is 1.07. The lowest BCUT2D eigenvalue weighted by atomic mass is 10.3. The Kier molecular flexibility index (Phi) is 4.35. The first-order valence-corrected chi connectivity index (χ1v) is 7.98. The topological polar surface area (TPSA) is 92.4 Å². The van der Waals surface area contributed by atoms with Crippen LogP contribution < -0.4 is 5.32 Å². The third-order valence-electron chi connectivity index (χ3n) is 2.93. The number of benzene rings is 1. The van der Waals surface area contributed by atoms with E-state index in [1.807, 2.05) is 13.0 Å². The molecular formula is C14H12ClN5O2S. The Morgan fingerprint density at radius 2 is 2.26 bits per heavy atom. The highest BCUT2D eigenvalue weighted by Gasteiger charge is 2.11. The van der Waals surface area contributed by atoms with Crippen molar-refractivity contribution in [2.75, 3.05) is 11.1 Å². The lowest BCUT2D eigenvalue weighted by Crippen LogP contribution is -2.14. The van der Waals surface area contributed by atoms with Crippen molar-refractivity contribution in [2.24, 2.45) is 0 Å². The Hall–Kier alpha value is -2.32. The lowest BCUT2D eigenvalue weighted by molar-refractivity contribution is -0.113. The average Bonchev–Trinajstić information content (AvgIpc) is 2.96. The van der Waals surface area contributed by atoms with Crippen molar-refractivity contribution in [3.8, 4) is 5.75 Å². The van der Waals surface area contributed by atoms with Crippen LogP contribution in [0.1, 0.15) is 5.69 Å². The van der Waals surface area contributed by atoms with Crippen molar-refractivity contribution >= 4 is 40.7 Å². The first-order chi connectivity index (χ1) is 11.0. The zero-order chi connectivity index (χ0) is 16.4. The van der Waals surface area contributed by atoms with Crippen molar-refractivity contribution in [2.45, 2.75) is 11.9 Å². The summed E-state index contributed by atoms with van der Waals surface area (Å²) in [5.74, 6) is 0.326. The van der Waals surface area contributed by atoms with Gasteiger partial charge in [0.15, 0.2) is 0 Å². The molecule has 0 aliphatic heterocycles. The molecule has 0 saturated heterocycles. The molecule has 1 amide bonds. The minimum absolute atomic E-state index is 0.0360. The summed E-state index contributed by atoms with van der Waals surface area (Å²) in [6, 6.07) is 6.29. The fraction of sp³-hybridized carbons (Fsp3) is 0.143. The molecule has 3 rings (SSSR count). The fourth-order valence-electron chi connectivity index (χ4n) is 1.93. The number of hydrogen-bond donors (Lipinski definition) is 2. The second-order valence-electron chi connectivity index (χ2n) is 4.71. The summed E-state index contributed by atoms with van der Waals surface area (Å²) < 4.78 is 1.57. The summed E-state index contributed by atoms with van der Waals surface area (Å²) in [4.78, 5) is 20.3. The summed E-state index contributed by atoms with van der Waals surface area (Å²) >= 11 is 7.15. The van der Waals surface area contributed by atoms with E-state index in [0.29, 0.717) is 10.8 Å². The van der Waals surface area contributed by atoms with E-state index >= 15 is 0 Å². The van der Waals surface area contributed by atoms with Crippen LogP contribution >= 0.6 is 23.4 Å². The Labute approximate surface area is 140 Å². The minimum Gasteiger partial charge on any atom is -0.506 e. The number of halogens is 1. The highest BCUT2D eigenvalue weighted by molar-refractivity contribution is 7.99. The van der Waals surface area contributed by atoms with Crippen LogP contribution in [0.5, 0.6) is 5.75 Å². The fourth-order valence-corrected chi connectivity index (χ4v) is 2.96. The molecule has 118 valence electrons. The number of carbonyl (C=O) groups excluding carboxylic acids is 1. The Balaban J connectivity index is 1.71. The Morgan fingerprint density at radius 1 is 1.43 bits per heavy atom. The van der Waals surface area contributed by atoms with E-state index in [1.165, 1.54) is 30.2 Å². The molecule has 0 bridgehead atoms. The molecular weight excluding hydrogens is 338 g/mol. The average molecular weight is 350 g/mol. The lowest BCUT2D eigenvalue weighted by Gasteiger charge is -2.08. The minimum atomic E-state index is -0.268. The monoisotopic (exact) mass is 349 g/mol. The number of aromatic nitrogens is 4. The molecule has 0 aliphatic rings.